The van der Waals surface area contributed by atoms with E-state index in [9.17, 15) is 0 Å². The Kier molecular flexibility index (Phi) is 2.72. The topological polar surface area (TPSA) is 40.5 Å². The van der Waals surface area contributed by atoms with Crippen LogP contribution < -0.4 is 0 Å². The maximum atomic E-state index is 8.50. The number of aliphatic hydroxyl groups excluding tert-OH is 2. The van der Waals surface area contributed by atoms with E-state index in [4.69, 9.17) is 23.1 Å². The van der Waals surface area contributed by atoms with Crippen molar-refractivity contribution in [1.29, 1.82) is 0 Å². The summed E-state index contributed by atoms with van der Waals surface area (Å²) in [5, 5.41) is 17.0. The zero-order valence-electron chi connectivity index (χ0n) is 4.20. The molecule has 0 spiro atoms. The summed E-state index contributed by atoms with van der Waals surface area (Å²) in [5.41, 5.74) is 0. The molecule has 0 unspecified atom stereocenters. The van der Waals surface area contributed by atoms with Crippen LogP contribution in [0.2, 0.25) is 0 Å². The van der Waals surface area contributed by atoms with Gasteiger partial charge in [-0.05, 0) is 0 Å². The van der Waals surface area contributed by atoms with Gasteiger partial charge in [-0.25, -0.2) is 0 Å². The summed E-state index contributed by atoms with van der Waals surface area (Å²) in [4.78, 5) is 0. The summed E-state index contributed by atoms with van der Waals surface area (Å²) < 4.78 is 0. The summed E-state index contributed by atoms with van der Waals surface area (Å²) in [7, 11) is 0. The molecule has 0 radical (unpaired) electrons. The van der Waals surface area contributed by atoms with Crippen molar-refractivity contribution in [2.75, 3.05) is 0 Å². The predicted molar refractivity (Wildman–Crippen MR) is 29.7 cm³/mol. The van der Waals surface area contributed by atoms with Gasteiger partial charge in [0.1, 0.15) is 0 Å². The minimum absolute atomic E-state index is 1.24. The Morgan fingerprint density at radius 2 is 1.25 bits per heavy atom. The molecule has 0 heterocycles. The summed E-state index contributed by atoms with van der Waals surface area (Å²) >= 11 is 0. The van der Waals surface area contributed by atoms with Crippen LogP contribution in [0.4, 0.5) is 0 Å². The third-order valence-corrected chi connectivity index (χ3v) is 0.641. The summed E-state index contributed by atoms with van der Waals surface area (Å²) in [5.74, 6) is 3.76. The van der Waals surface area contributed by atoms with E-state index in [-0.39, 0.29) is 0 Å². The molecule has 42 valence electrons. The van der Waals surface area contributed by atoms with Crippen molar-refractivity contribution >= 4 is 0 Å². The number of rotatable bonds is 1. The fraction of sp³-hybridized carbons (Fsp3) is 0.333. The predicted octanol–water partition coefficient (Wildman–Crippen LogP) is -1.03. The van der Waals surface area contributed by atoms with Crippen molar-refractivity contribution in [3.8, 4) is 24.7 Å². The fourth-order valence-corrected chi connectivity index (χ4v) is 0.182. The van der Waals surface area contributed by atoms with E-state index in [1.165, 1.54) is 0 Å². The van der Waals surface area contributed by atoms with Gasteiger partial charge in [-0.3, -0.25) is 0 Å². The average molecular weight is 110 g/mol. The van der Waals surface area contributed by atoms with Gasteiger partial charge in [0, 0.05) is 0 Å². The van der Waals surface area contributed by atoms with Crippen molar-refractivity contribution in [2.45, 2.75) is 12.2 Å². The van der Waals surface area contributed by atoms with E-state index in [1.807, 2.05) is 11.8 Å². The lowest BCUT2D eigenvalue weighted by Crippen LogP contribution is -2.21. The fourth-order valence-electron chi connectivity index (χ4n) is 0.182. The van der Waals surface area contributed by atoms with Gasteiger partial charge in [-0.2, -0.15) is 0 Å². The van der Waals surface area contributed by atoms with Crippen LogP contribution in [0, 0.1) is 24.7 Å². The smallest absolute Gasteiger partial charge is 0.151 e. The van der Waals surface area contributed by atoms with E-state index < -0.39 is 12.2 Å². The van der Waals surface area contributed by atoms with E-state index in [1.54, 1.807) is 0 Å². The van der Waals surface area contributed by atoms with Crippen LogP contribution >= 0.6 is 0 Å². The molecule has 2 N–H and O–H groups in total. The molecule has 0 saturated carbocycles. The van der Waals surface area contributed by atoms with Crippen LogP contribution in [0.5, 0.6) is 0 Å². The average Bonchev–Trinajstić information content (AvgIpc) is 1.84. The van der Waals surface area contributed by atoms with Crippen LogP contribution in [-0.4, -0.2) is 22.4 Å². The third-order valence-electron chi connectivity index (χ3n) is 0.641. The molecule has 0 aliphatic carbocycles. The van der Waals surface area contributed by atoms with Gasteiger partial charge in [0.05, 0.1) is 0 Å². The zero-order chi connectivity index (χ0) is 6.57. The van der Waals surface area contributed by atoms with E-state index in [0.717, 1.165) is 0 Å². The molecule has 8 heavy (non-hydrogen) atoms. The molecule has 0 bridgehead atoms. The van der Waals surface area contributed by atoms with E-state index >= 15 is 0 Å². The maximum absolute atomic E-state index is 8.50. The van der Waals surface area contributed by atoms with Crippen molar-refractivity contribution in [3.05, 3.63) is 0 Å². The Morgan fingerprint density at radius 3 is 1.38 bits per heavy atom. The molecule has 0 fully saturated rings. The molecule has 0 rings (SSSR count). The highest BCUT2D eigenvalue weighted by molar-refractivity contribution is 5.08. The number of hydrogen-bond acceptors (Lipinski definition) is 2. The first-order chi connectivity index (χ1) is 3.72. The molecule has 2 heteroatoms. The Labute approximate surface area is 48.2 Å². The van der Waals surface area contributed by atoms with Gasteiger partial charge in [-0.15, -0.1) is 12.8 Å². The van der Waals surface area contributed by atoms with Gasteiger partial charge in [0.2, 0.25) is 0 Å². The summed E-state index contributed by atoms with van der Waals surface area (Å²) in [6.45, 7) is 0. The Balaban J connectivity index is 3.72. The standard InChI is InChI=1S/C6H6O2/c1-3-5(7)6(8)4-2/h1-2,5-8H/t5-,6+. The largest absolute Gasteiger partial charge is 0.377 e. The first-order valence-electron chi connectivity index (χ1n) is 2.00. The maximum Gasteiger partial charge on any atom is 0.151 e. The van der Waals surface area contributed by atoms with Crippen LogP contribution in [0.15, 0.2) is 0 Å². The molecule has 0 aliphatic rings. The lowest BCUT2D eigenvalue weighted by molar-refractivity contribution is 0.0934. The van der Waals surface area contributed by atoms with Crippen LogP contribution in [0.1, 0.15) is 0 Å². The number of hydrogen-bond donors (Lipinski definition) is 2. The normalized spacial score (nSPS) is 15.5. The highest BCUT2D eigenvalue weighted by Crippen LogP contribution is 1.86. The SMILES string of the molecule is C#C[C@@H](O)[C@@H](O)C#C. The van der Waals surface area contributed by atoms with Crippen molar-refractivity contribution in [1.82, 2.24) is 0 Å². The molecule has 0 aromatic heterocycles. The van der Waals surface area contributed by atoms with Crippen molar-refractivity contribution in [2.24, 2.45) is 0 Å². The van der Waals surface area contributed by atoms with Crippen molar-refractivity contribution < 1.29 is 10.2 Å². The highest BCUT2D eigenvalue weighted by Gasteiger charge is 2.07. The minimum Gasteiger partial charge on any atom is -0.377 e. The second-order valence-electron chi connectivity index (χ2n) is 1.22. The summed E-state index contributed by atoms with van der Waals surface area (Å²) in [6.07, 6.45) is 6.91. The first kappa shape index (κ1) is 7.04. The minimum atomic E-state index is -1.24. The van der Waals surface area contributed by atoms with Crippen LogP contribution in [0.25, 0.3) is 0 Å². The number of terminal acetylenes is 2. The van der Waals surface area contributed by atoms with E-state index in [2.05, 4.69) is 0 Å². The molecule has 0 aromatic carbocycles. The van der Waals surface area contributed by atoms with Gasteiger partial charge >= 0.3 is 0 Å². The Morgan fingerprint density at radius 1 is 1.00 bits per heavy atom. The lowest BCUT2D eigenvalue weighted by atomic mass is 10.2. The Hall–Kier alpha value is -0.960. The van der Waals surface area contributed by atoms with Gasteiger partial charge in [-0.1, -0.05) is 11.8 Å². The number of aliphatic hydroxyl groups is 2. The molecular weight excluding hydrogens is 104 g/mol. The third kappa shape index (κ3) is 1.66. The second kappa shape index (κ2) is 3.10. The van der Waals surface area contributed by atoms with Gasteiger partial charge < -0.3 is 10.2 Å². The molecule has 0 aliphatic heterocycles. The quantitative estimate of drug-likeness (QED) is 0.424. The first-order valence-corrected chi connectivity index (χ1v) is 2.00. The van der Waals surface area contributed by atoms with Crippen LogP contribution in [0.3, 0.4) is 0 Å². The molecule has 0 saturated heterocycles. The van der Waals surface area contributed by atoms with E-state index in [0.29, 0.717) is 0 Å². The van der Waals surface area contributed by atoms with Crippen molar-refractivity contribution in [3.63, 3.8) is 0 Å². The van der Waals surface area contributed by atoms with Crippen LogP contribution in [-0.2, 0) is 0 Å². The molecular formula is C6H6O2. The summed E-state index contributed by atoms with van der Waals surface area (Å²) in [6, 6.07) is 0. The molecule has 2 atom stereocenters. The lowest BCUT2D eigenvalue weighted by Gasteiger charge is -2.02. The molecule has 2 nitrogen and oxygen atoms in total. The highest BCUT2D eigenvalue weighted by atomic mass is 16.3. The van der Waals surface area contributed by atoms with Gasteiger partial charge in [0.15, 0.2) is 12.2 Å². The molecule has 0 aromatic rings. The zero-order valence-corrected chi connectivity index (χ0v) is 4.20. The monoisotopic (exact) mass is 110 g/mol. The second-order valence-corrected chi connectivity index (χ2v) is 1.22. The van der Waals surface area contributed by atoms with Gasteiger partial charge in [0.25, 0.3) is 0 Å². The molecule has 0 amide bonds. The Bertz CT molecular complexity index is 120.